The van der Waals surface area contributed by atoms with Gasteiger partial charge in [-0.25, -0.2) is 4.98 Å². The lowest BCUT2D eigenvalue weighted by molar-refractivity contribution is -0.122. The number of piperidine rings is 1. The molecule has 0 radical (unpaired) electrons. The third-order valence-corrected chi connectivity index (χ3v) is 3.22. The number of nitrogens with one attached hydrogen (secondary N) is 1. The van der Waals surface area contributed by atoms with Crippen molar-refractivity contribution in [2.24, 2.45) is 0 Å². The number of carbonyl (C=O) groups is 1. The number of nitrogens with two attached hydrogens (primary N) is 1. The molecule has 0 aliphatic carbocycles. The Hall–Kier alpha value is -1.10. The fourth-order valence-electron chi connectivity index (χ4n) is 1.73. The van der Waals surface area contributed by atoms with E-state index >= 15 is 0 Å². The monoisotopic (exact) mass is 269 g/mol. The van der Waals surface area contributed by atoms with Gasteiger partial charge in [0, 0.05) is 23.4 Å². The van der Waals surface area contributed by atoms with Gasteiger partial charge in [0.2, 0.25) is 5.91 Å². The van der Waals surface area contributed by atoms with E-state index in [0.29, 0.717) is 18.8 Å². The number of nitrogen functional groups attached to an aromatic ring is 1. The van der Waals surface area contributed by atoms with Crippen LogP contribution in [0.15, 0.2) is 16.6 Å². The Morgan fingerprint density at radius 3 is 3.00 bits per heavy atom. The predicted octanol–water partition coefficient (Wildman–Crippen LogP) is 1.42. The van der Waals surface area contributed by atoms with Gasteiger partial charge in [0.05, 0.1) is 5.69 Å². The highest BCUT2D eigenvalue weighted by atomic mass is 79.9. The molecule has 80 valence electrons. The van der Waals surface area contributed by atoms with Crippen molar-refractivity contribution in [1.29, 1.82) is 0 Å². The lowest BCUT2D eigenvalue weighted by Gasteiger charge is -2.22. The third-order valence-electron chi connectivity index (χ3n) is 2.55. The average Bonchev–Trinajstić information content (AvgIpc) is 2.23. The minimum absolute atomic E-state index is 0.117. The van der Waals surface area contributed by atoms with Crippen LogP contribution < -0.4 is 11.1 Å². The van der Waals surface area contributed by atoms with E-state index in [1.165, 1.54) is 0 Å². The topological polar surface area (TPSA) is 68.0 Å². The van der Waals surface area contributed by atoms with Gasteiger partial charge in [-0.1, -0.05) is 0 Å². The minimum Gasteiger partial charge on any atom is -0.384 e. The second-order valence-electron chi connectivity index (χ2n) is 3.64. The van der Waals surface area contributed by atoms with Gasteiger partial charge >= 0.3 is 0 Å². The maximum absolute atomic E-state index is 11.0. The molecule has 0 aromatic carbocycles. The van der Waals surface area contributed by atoms with E-state index < -0.39 is 0 Å². The highest BCUT2D eigenvalue weighted by Crippen LogP contribution is 2.28. The molecule has 1 aliphatic heterocycles. The Bertz CT molecular complexity index is 384. The van der Waals surface area contributed by atoms with Crippen molar-refractivity contribution >= 4 is 27.7 Å². The highest BCUT2D eigenvalue weighted by Gasteiger charge is 2.22. The summed E-state index contributed by atoms with van der Waals surface area (Å²) in [6.07, 6.45) is 1.40. The molecule has 5 heteroatoms. The molecule has 1 amide bonds. The highest BCUT2D eigenvalue weighted by molar-refractivity contribution is 9.10. The number of carbonyl (C=O) groups excluding carboxylic acids is 1. The first-order chi connectivity index (χ1) is 7.16. The third kappa shape index (κ3) is 2.28. The van der Waals surface area contributed by atoms with E-state index in [1.807, 2.05) is 6.07 Å². The van der Waals surface area contributed by atoms with E-state index in [9.17, 15) is 4.79 Å². The summed E-state index contributed by atoms with van der Waals surface area (Å²) in [6, 6.07) is 3.66. The van der Waals surface area contributed by atoms with Crippen molar-refractivity contribution in [2.75, 3.05) is 12.3 Å². The Morgan fingerprint density at radius 1 is 1.53 bits per heavy atom. The molecule has 0 bridgehead atoms. The fourth-order valence-corrected chi connectivity index (χ4v) is 2.27. The Kier molecular flexibility index (Phi) is 2.90. The van der Waals surface area contributed by atoms with E-state index in [2.05, 4.69) is 26.2 Å². The first-order valence-corrected chi connectivity index (χ1v) is 5.64. The van der Waals surface area contributed by atoms with E-state index in [-0.39, 0.29) is 11.8 Å². The predicted molar refractivity (Wildman–Crippen MR) is 61.3 cm³/mol. The number of aromatic nitrogens is 1. The molecule has 3 N–H and O–H groups in total. The Labute approximate surface area is 96.4 Å². The van der Waals surface area contributed by atoms with Crippen LogP contribution >= 0.6 is 15.9 Å². The van der Waals surface area contributed by atoms with Crippen LogP contribution in [0.1, 0.15) is 24.5 Å². The van der Waals surface area contributed by atoms with Crippen LogP contribution in [0.5, 0.6) is 0 Å². The first-order valence-electron chi connectivity index (χ1n) is 4.85. The molecule has 1 saturated heterocycles. The van der Waals surface area contributed by atoms with E-state index in [1.54, 1.807) is 6.07 Å². The molecule has 2 rings (SSSR count). The summed E-state index contributed by atoms with van der Waals surface area (Å²) >= 11 is 3.45. The van der Waals surface area contributed by atoms with E-state index in [0.717, 1.165) is 16.6 Å². The van der Waals surface area contributed by atoms with Gasteiger partial charge in [0.1, 0.15) is 5.82 Å². The molecule has 1 aliphatic rings. The lowest BCUT2D eigenvalue weighted by Crippen LogP contribution is -2.34. The zero-order valence-corrected chi connectivity index (χ0v) is 9.75. The van der Waals surface area contributed by atoms with Gasteiger partial charge < -0.3 is 11.1 Å². The summed E-state index contributed by atoms with van der Waals surface area (Å²) in [5.41, 5.74) is 6.58. The second kappa shape index (κ2) is 4.18. The Morgan fingerprint density at radius 2 is 2.33 bits per heavy atom. The summed E-state index contributed by atoms with van der Waals surface area (Å²) in [5, 5.41) is 2.84. The van der Waals surface area contributed by atoms with Crippen LogP contribution in [-0.2, 0) is 4.79 Å². The molecular weight excluding hydrogens is 258 g/mol. The second-order valence-corrected chi connectivity index (χ2v) is 4.50. The van der Waals surface area contributed by atoms with Gasteiger partial charge in [-0.15, -0.1) is 0 Å². The van der Waals surface area contributed by atoms with Crippen molar-refractivity contribution < 1.29 is 4.79 Å². The summed E-state index contributed by atoms with van der Waals surface area (Å²) in [6.45, 7) is 0.647. The maximum Gasteiger partial charge on any atom is 0.220 e. The largest absolute Gasteiger partial charge is 0.384 e. The molecular formula is C10H12BrN3O. The molecule has 1 fully saturated rings. The summed E-state index contributed by atoms with van der Waals surface area (Å²) in [5.74, 6) is 0.900. The molecule has 0 spiro atoms. The fraction of sp³-hybridized carbons (Fsp3) is 0.400. The van der Waals surface area contributed by atoms with Crippen molar-refractivity contribution in [3.05, 3.63) is 22.3 Å². The van der Waals surface area contributed by atoms with E-state index in [4.69, 9.17) is 5.73 Å². The molecule has 0 saturated carbocycles. The van der Waals surface area contributed by atoms with Crippen LogP contribution in [0, 0.1) is 0 Å². The van der Waals surface area contributed by atoms with Crippen molar-refractivity contribution in [1.82, 2.24) is 10.3 Å². The van der Waals surface area contributed by atoms with Gasteiger partial charge in [0.15, 0.2) is 0 Å². The van der Waals surface area contributed by atoms with Crippen LogP contribution in [0.25, 0.3) is 0 Å². The summed E-state index contributed by atoms with van der Waals surface area (Å²) in [4.78, 5) is 15.3. The smallest absolute Gasteiger partial charge is 0.220 e. The zero-order valence-electron chi connectivity index (χ0n) is 8.16. The maximum atomic E-state index is 11.0. The van der Waals surface area contributed by atoms with Crippen LogP contribution in [0.2, 0.25) is 0 Å². The van der Waals surface area contributed by atoms with Gasteiger partial charge in [0.25, 0.3) is 0 Å². The van der Waals surface area contributed by atoms with Crippen molar-refractivity contribution in [3.8, 4) is 0 Å². The van der Waals surface area contributed by atoms with Crippen molar-refractivity contribution in [2.45, 2.75) is 18.8 Å². The first kappa shape index (κ1) is 10.4. The number of anilines is 1. The van der Waals surface area contributed by atoms with Gasteiger partial charge in [-0.05, 0) is 34.5 Å². The summed E-state index contributed by atoms with van der Waals surface area (Å²) in [7, 11) is 0. The zero-order chi connectivity index (χ0) is 10.8. The number of pyridine rings is 1. The van der Waals surface area contributed by atoms with Crippen molar-refractivity contribution in [3.63, 3.8) is 0 Å². The van der Waals surface area contributed by atoms with Gasteiger partial charge in [-0.2, -0.15) is 0 Å². The minimum atomic E-state index is 0.117. The number of amides is 1. The van der Waals surface area contributed by atoms with Crippen LogP contribution in [-0.4, -0.2) is 17.4 Å². The number of halogens is 1. The lowest BCUT2D eigenvalue weighted by atomic mass is 9.95. The van der Waals surface area contributed by atoms with Gasteiger partial charge in [-0.3, -0.25) is 4.79 Å². The molecule has 1 unspecified atom stereocenters. The number of hydrogen-bond acceptors (Lipinski definition) is 3. The number of nitrogens with zero attached hydrogens (tertiary/aromatic N) is 1. The molecule has 1 aromatic rings. The molecule has 1 atom stereocenters. The van der Waals surface area contributed by atoms with Crippen LogP contribution in [0.3, 0.4) is 0 Å². The average molecular weight is 270 g/mol. The summed E-state index contributed by atoms with van der Waals surface area (Å²) < 4.78 is 0.956. The molecule has 2 heterocycles. The SMILES string of the molecule is Nc1ccc(Br)c(C2CCC(=O)NC2)n1. The molecule has 1 aromatic heterocycles. The number of hydrogen-bond donors (Lipinski definition) is 2. The standard InChI is InChI=1S/C10H12BrN3O/c11-7-2-3-8(12)14-10(7)6-1-4-9(15)13-5-6/h2-3,6H,1,4-5H2,(H2,12,14)(H,13,15). The Balaban J connectivity index is 2.21. The normalized spacial score (nSPS) is 21.1. The molecule has 4 nitrogen and oxygen atoms in total. The quantitative estimate of drug-likeness (QED) is 0.811. The van der Waals surface area contributed by atoms with Crippen LogP contribution in [0.4, 0.5) is 5.82 Å². The molecule has 15 heavy (non-hydrogen) atoms. The number of rotatable bonds is 1.